The van der Waals surface area contributed by atoms with Crippen LogP contribution in [-0.2, 0) is 6.42 Å². The fourth-order valence-corrected chi connectivity index (χ4v) is 2.33. The summed E-state index contributed by atoms with van der Waals surface area (Å²) < 4.78 is 0. The molecule has 1 aromatic heterocycles. The molecule has 0 aliphatic rings. The molecule has 3 N–H and O–H groups in total. The quantitative estimate of drug-likeness (QED) is 0.728. The van der Waals surface area contributed by atoms with Crippen LogP contribution in [0.25, 0.3) is 11.3 Å². The number of nitrogens with two attached hydrogens (primary N) is 1. The van der Waals surface area contributed by atoms with Crippen LogP contribution in [0, 0.1) is 11.3 Å². The Hall–Kier alpha value is -2.12. The average Bonchev–Trinajstić information content (AvgIpc) is 3.00. The summed E-state index contributed by atoms with van der Waals surface area (Å²) in [6.45, 7) is 0.798. The summed E-state index contributed by atoms with van der Waals surface area (Å²) in [7, 11) is 0. The first-order valence-electron chi connectivity index (χ1n) is 7.58. The van der Waals surface area contributed by atoms with Gasteiger partial charge in [-0.25, -0.2) is 4.98 Å². The SMILES string of the molecule is N#Cc1ccc(-c2cnc(CCCCCCCN)[nH]2)cc1. The third-order valence-electron chi connectivity index (χ3n) is 3.57. The van der Waals surface area contributed by atoms with Gasteiger partial charge in [-0.2, -0.15) is 5.26 Å². The molecule has 0 fully saturated rings. The summed E-state index contributed by atoms with van der Waals surface area (Å²) >= 11 is 0. The van der Waals surface area contributed by atoms with Crippen LogP contribution in [0.3, 0.4) is 0 Å². The molecule has 0 saturated carbocycles. The van der Waals surface area contributed by atoms with Gasteiger partial charge in [0, 0.05) is 6.42 Å². The summed E-state index contributed by atoms with van der Waals surface area (Å²) in [6, 6.07) is 9.67. The smallest absolute Gasteiger partial charge is 0.106 e. The van der Waals surface area contributed by atoms with Gasteiger partial charge in [-0.05, 0) is 37.1 Å². The van der Waals surface area contributed by atoms with Crippen molar-refractivity contribution in [3.8, 4) is 17.3 Å². The number of nitrogens with one attached hydrogen (secondary N) is 1. The maximum atomic E-state index is 8.80. The number of unbranched alkanes of at least 4 members (excludes halogenated alkanes) is 4. The lowest BCUT2D eigenvalue weighted by Crippen LogP contribution is -1.97. The molecule has 1 heterocycles. The number of aryl methyl sites for hydroxylation is 1. The van der Waals surface area contributed by atoms with E-state index in [0.29, 0.717) is 5.56 Å². The van der Waals surface area contributed by atoms with E-state index in [2.05, 4.69) is 16.0 Å². The maximum absolute atomic E-state index is 8.80. The number of hydrogen-bond acceptors (Lipinski definition) is 3. The molecule has 0 atom stereocenters. The second-order valence-electron chi connectivity index (χ2n) is 5.24. The summed E-state index contributed by atoms with van der Waals surface area (Å²) in [5.41, 5.74) is 8.23. The standard InChI is InChI=1S/C17H22N4/c18-11-5-3-1-2-4-6-17-20-13-16(21-17)15-9-7-14(12-19)8-10-15/h7-10,13H,1-6,11,18H2,(H,20,21). The fourth-order valence-electron chi connectivity index (χ4n) is 2.33. The Morgan fingerprint density at radius 3 is 2.48 bits per heavy atom. The van der Waals surface area contributed by atoms with Crippen LogP contribution in [0.15, 0.2) is 30.5 Å². The van der Waals surface area contributed by atoms with Crippen molar-refractivity contribution in [2.75, 3.05) is 6.54 Å². The highest BCUT2D eigenvalue weighted by Crippen LogP contribution is 2.18. The normalized spacial score (nSPS) is 10.5. The Morgan fingerprint density at radius 1 is 1.05 bits per heavy atom. The number of rotatable bonds is 8. The fraction of sp³-hybridized carbons (Fsp3) is 0.412. The van der Waals surface area contributed by atoms with E-state index in [1.54, 1.807) is 0 Å². The van der Waals surface area contributed by atoms with Crippen LogP contribution in [0.4, 0.5) is 0 Å². The van der Waals surface area contributed by atoms with Crippen molar-refractivity contribution in [1.82, 2.24) is 9.97 Å². The largest absolute Gasteiger partial charge is 0.342 e. The van der Waals surface area contributed by atoms with Gasteiger partial charge in [-0.15, -0.1) is 0 Å². The van der Waals surface area contributed by atoms with Crippen molar-refractivity contribution in [1.29, 1.82) is 5.26 Å². The van der Waals surface area contributed by atoms with E-state index in [1.165, 1.54) is 19.3 Å². The highest BCUT2D eigenvalue weighted by atomic mass is 14.9. The molecule has 0 spiro atoms. The first kappa shape index (κ1) is 15.3. The molecule has 0 amide bonds. The molecule has 4 nitrogen and oxygen atoms in total. The number of nitriles is 1. The first-order valence-corrected chi connectivity index (χ1v) is 7.58. The number of aromatic amines is 1. The molecule has 2 aromatic rings. The van der Waals surface area contributed by atoms with E-state index in [9.17, 15) is 0 Å². The van der Waals surface area contributed by atoms with Crippen molar-refractivity contribution < 1.29 is 0 Å². The molecular formula is C17H22N4. The number of H-pyrrole nitrogens is 1. The van der Waals surface area contributed by atoms with E-state index in [0.717, 1.165) is 42.9 Å². The average molecular weight is 282 g/mol. The summed E-state index contributed by atoms with van der Waals surface area (Å²) in [4.78, 5) is 7.78. The minimum Gasteiger partial charge on any atom is -0.342 e. The van der Waals surface area contributed by atoms with Crippen LogP contribution in [0.2, 0.25) is 0 Å². The maximum Gasteiger partial charge on any atom is 0.106 e. The van der Waals surface area contributed by atoms with Gasteiger partial charge in [0.1, 0.15) is 5.82 Å². The van der Waals surface area contributed by atoms with Crippen LogP contribution in [-0.4, -0.2) is 16.5 Å². The zero-order chi connectivity index (χ0) is 14.9. The van der Waals surface area contributed by atoms with Gasteiger partial charge < -0.3 is 10.7 Å². The number of hydrogen-bond donors (Lipinski definition) is 2. The van der Waals surface area contributed by atoms with E-state index in [4.69, 9.17) is 11.0 Å². The van der Waals surface area contributed by atoms with Gasteiger partial charge in [0.15, 0.2) is 0 Å². The Bertz CT molecular complexity index is 578. The first-order chi connectivity index (χ1) is 10.3. The van der Waals surface area contributed by atoms with Gasteiger partial charge in [0.05, 0.1) is 23.5 Å². The second-order valence-corrected chi connectivity index (χ2v) is 5.24. The van der Waals surface area contributed by atoms with Gasteiger partial charge in [0.25, 0.3) is 0 Å². The molecule has 0 unspecified atom stereocenters. The predicted octanol–water partition coefficient (Wildman–Crippen LogP) is 3.40. The van der Waals surface area contributed by atoms with Gasteiger partial charge >= 0.3 is 0 Å². The lowest BCUT2D eigenvalue weighted by atomic mass is 10.1. The molecule has 21 heavy (non-hydrogen) atoms. The highest BCUT2D eigenvalue weighted by molar-refractivity contribution is 5.59. The Kier molecular flexibility index (Phi) is 5.99. The zero-order valence-electron chi connectivity index (χ0n) is 12.3. The molecule has 0 radical (unpaired) electrons. The van der Waals surface area contributed by atoms with Crippen molar-refractivity contribution >= 4 is 0 Å². The molecule has 0 saturated heterocycles. The minimum absolute atomic E-state index is 0.677. The van der Waals surface area contributed by atoms with Crippen molar-refractivity contribution in [3.05, 3.63) is 41.9 Å². The Labute approximate surface area is 126 Å². The molecular weight excluding hydrogens is 260 g/mol. The van der Waals surface area contributed by atoms with E-state index < -0.39 is 0 Å². The van der Waals surface area contributed by atoms with Crippen molar-refractivity contribution in [2.24, 2.45) is 5.73 Å². The van der Waals surface area contributed by atoms with Crippen LogP contribution < -0.4 is 5.73 Å². The van der Waals surface area contributed by atoms with E-state index in [-0.39, 0.29) is 0 Å². The second kappa shape index (κ2) is 8.23. The molecule has 0 bridgehead atoms. The third-order valence-corrected chi connectivity index (χ3v) is 3.57. The summed E-state index contributed by atoms with van der Waals surface area (Å²) in [6.07, 6.45) is 8.84. The number of aromatic nitrogens is 2. The lowest BCUT2D eigenvalue weighted by Gasteiger charge is -2.00. The van der Waals surface area contributed by atoms with Crippen molar-refractivity contribution in [3.63, 3.8) is 0 Å². The van der Waals surface area contributed by atoms with Crippen molar-refractivity contribution in [2.45, 2.75) is 38.5 Å². The van der Waals surface area contributed by atoms with Crippen LogP contribution in [0.5, 0.6) is 0 Å². The molecule has 2 rings (SSSR count). The van der Waals surface area contributed by atoms with Gasteiger partial charge in [0.2, 0.25) is 0 Å². The summed E-state index contributed by atoms with van der Waals surface area (Å²) in [5, 5.41) is 8.80. The number of nitrogens with zero attached hydrogens (tertiary/aromatic N) is 2. The molecule has 110 valence electrons. The molecule has 0 aliphatic carbocycles. The number of benzene rings is 1. The van der Waals surface area contributed by atoms with E-state index >= 15 is 0 Å². The topological polar surface area (TPSA) is 78.5 Å². The van der Waals surface area contributed by atoms with Crippen LogP contribution >= 0.6 is 0 Å². The van der Waals surface area contributed by atoms with E-state index in [1.807, 2.05) is 30.5 Å². The minimum atomic E-state index is 0.677. The molecule has 0 aliphatic heterocycles. The Morgan fingerprint density at radius 2 is 1.76 bits per heavy atom. The summed E-state index contributed by atoms with van der Waals surface area (Å²) in [5.74, 6) is 1.04. The Balaban J connectivity index is 1.82. The highest BCUT2D eigenvalue weighted by Gasteiger charge is 2.03. The molecule has 1 aromatic carbocycles. The monoisotopic (exact) mass is 282 g/mol. The lowest BCUT2D eigenvalue weighted by molar-refractivity contribution is 0.612. The van der Waals surface area contributed by atoms with Crippen LogP contribution in [0.1, 0.15) is 43.5 Å². The van der Waals surface area contributed by atoms with Gasteiger partial charge in [-0.1, -0.05) is 31.4 Å². The molecule has 4 heteroatoms. The zero-order valence-corrected chi connectivity index (χ0v) is 12.3. The van der Waals surface area contributed by atoms with Gasteiger partial charge in [-0.3, -0.25) is 0 Å². The predicted molar refractivity (Wildman–Crippen MR) is 84.6 cm³/mol. The number of imidazole rings is 1. The third kappa shape index (κ3) is 4.73.